The van der Waals surface area contributed by atoms with Crippen LogP contribution in [0.25, 0.3) is 0 Å². The van der Waals surface area contributed by atoms with E-state index in [1.54, 1.807) is 19.5 Å². The molecule has 1 rings (SSSR count). The number of pyridine rings is 1. The zero-order valence-corrected chi connectivity index (χ0v) is 8.86. The Morgan fingerprint density at radius 3 is 2.87 bits per heavy atom. The van der Waals surface area contributed by atoms with Gasteiger partial charge in [-0.2, -0.15) is 0 Å². The molecular formula is C10H15N5. The largest absolute Gasteiger partial charge is 0.403 e. The van der Waals surface area contributed by atoms with Gasteiger partial charge in [0.15, 0.2) is 0 Å². The summed E-state index contributed by atoms with van der Waals surface area (Å²) in [6.07, 6.45) is 4.66. The molecule has 0 unspecified atom stereocenters. The number of rotatable bonds is 3. The molecule has 0 aromatic carbocycles. The lowest BCUT2D eigenvalue weighted by molar-refractivity contribution is 1.26. The number of aliphatic imine (C=N–C) groups is 1. The first-order chi connectivity index (χ1) is 7.17. The second kappa shape index (κ2) is 4.99. The number of allylic oxidation sites excluding steroid dienone is 1. The van der Waals surface area contributed by atoms with Crippen LogP contribution in [-0.2, 0) is 0 Å². The Morgan fingerprint density at radius 2 is 2.33 bits per heavy atom. The summed E-state index contributed by atoms with van der Waals surface area (Å²) in [7, 11) is 1.67. The predicted octanol–water partition coefficient (Wildman–Crippen LogP) is 0.885. The fourth-order valence-corrected chi connectivity index (χ4v) is 1.04. The first-order valence-electron chi connectivity index (χ1n) is 4.50. The molecule has 0 spiro atoms. The number of hydrogen-bond donors (Lipinski definition) is 3. The first-order valence-corrected chi connectivity index (χ1v) is 4.50. The van der Waals surface area contributed by atoms with Crippen molar-refractivity contribution >= 4 is 17.7 Å². The smallest absolute Gasteiger partial charge is 0.130 e. The zero-order valence-electron chi connectivity index (χ0n) is 8.86. The molecule has 0 amide bonds. The van der Waals surface area contributed by atoms with Gasteiger partial charge in [0.2, 0.25) is 0 Å². The number of aromatic nitrogens is 1. The van der Waals surface area contributed by atoms with Crippen LogP contribution in [0.2, 0.25) is 0 Å². The van der Waals surface area contributed by atoms with Gasteiger partial charge < -0.3 is 16.8 Å². The van der Waals surface area contributed by atoms with Crippen LogP contribution in [0.3, 0.4) is 0 Å². The molecule has 80 valence electrons. The van der Waals surface area contributed by atoms with Crippen molar-refractivity contribution < 1.29 is 0 Å². The van der Waals surface area contributed by atoms with Crippen LogP contribution < -0.4 is 16.8 Å². The highest BCUT2D eigenvalue weighted by Gasteiger charge is 1.99. The van der Waals surface area contributed by atoms with Gasteiger partial charge in [-0.3, -0.25) is 4.99 Å². The summed E-state index contributed by atoms with van der Waals surface area (Å²) < 4.78 is 0. The molecule has 0 radical (unpaired) electrons. The Bertz CT molecular complexity index is 395. The summed E-state index contributed by atoms with van der Waals surface area (Å²) >= 11 is 0. The van der Waals surface area contributed by atoms with Crippen molar-refractivity contribution in [3.8, 4) is 0 Å². The van der Waals surface area contributed by atoms with Gasteiger partial charge in [-0.25, -0.2) is 4.98 Å². The van der Waals surface area contributed by atoms with Crippen molar-refractivity contribution in [1.29, 1.82) is 0 Å². The maximum atomic E-state index is 5.65. The highest BCUT2D eigenvalue weighted by molar-refractivity contribution is 5.82. The number of hydrogen-bond acceptors (Lipinski definition) is 5. The lowest BCUT2D eigenvalue weighted by atomic mass is 10.2. The summed E-state index contributed by atoms with van der Waals surface area (Å²) in [5.41, 5.74) is 13.4. The molecule has 5 heteroatoms. The number of nitrogens with zero attached hydrogens (tertiary/aromatic N) is 2. The van der Waals surface area contributed by atoms with E-state index in [9.17, 15) is 0 Å². The lowest BCUT2D eigenvalue weighted by Gasteiger charge is -2.07. The monoisotopic (exact) mass is 205 g/mol. The Balaban J connectivity index is 2.85. The van der Waals surface area contributed by atoms with Crippen molar-refractivity contribution in [3.63, 3.8) is 0 Å². The van der Waals surface area contributed by atoms with Crippen molar-refractivity contribution in [2.75, 3.05) is 18.1 Å². The summed E-state index contributed by atoms with van der Waals surface area (Å²) in [4.78, 5) is 7.97. The van der Waals surface area contributed by atoms with Crippen LogP contribution in [0.4, 0.5) is 11.5 Å². The Kier molecular flexibility index (Phi) is 3.68. The Morgan fingerprint density at radius 1 is 1.60 bits per heavy atom. The maximum Gasteiger partial charge on any atom is 0.130 e. The fourth-order valence-electron chi connectivity index (χ4n) is 1.04. The predicted molar refractivity (Wildman–Crippen MR) is 63.7 cm³/mol. The minimum absolute atomic E-state index is 0.669. The van der Waals surface area contributed by atoms with Crippen molar-refractivity contribution in [3.05, 3.63) is 29.7 Å². The van der Waals surface area contributed by atoms with Crippen LogP contribution in [0.5, 0.6) is 0 Å². The molecule has 0 aliphatic heterocycles. The summed E-state index contributed by atoms with van der Waals surface area (Å²) in [6.45, 7) is 1.92. The van der Waals surface area contributed by atoms with Crippen molar-refractivity contribution in [2.24, 2.45) is 10.7 Å². The van der Waals surface area contributed by atoms with Crippen LogP contribution >= 0.6 is 0 Å². The van der Waals surface area contributed by atoms with E-state index in [-0.39, 0.29) is 0 Å². The molecule has 0 saturated carbocycles. The average Bonchev–Trinajstić information content (AvgIpc) is 2.23. The standard InChI is InChI=1S/C10H15N5/c1-7-3-10(14-6-9(7)12)15-8(4-11)5-13-2/h3-6H,11-12H2,1-2H3,(H,14,15). The summed E-state index contributed by atoms with van der Waals surface area (Å²) in [5, 5.41) is 3.02. The third kappa shape index (κ3) is 2.98. The Labute approximate surface area is 88.9 Å². The van der Waals surface area contributed by atoms with E-state index in [0.717, 1.165) is 5.56 Å². The third-order valence-electron chi connectivity index (χ3n) is 1.87. The number of anilines is 2. The molecule has 5 N–H and O–H groups in total. The molecule has 0 aliphatic rings. The highest BCUT2D eigenvalue weighted by Crippen LogP contribution is 2.13. The van der Waals surface area contributed by atoms with Gasteiger partial charge in [-0.1, -0.05) is 0 Å². The molecule has 5 nitrogen and oxygen atoms in total. The highest BCUT2D eigenvalue weighted by atomic mass is 15.0. The second-order valence-corrected chi connectivity index (χ2v) is 3.06. The molecule has 15 heavy (non-hydrogen) atoms. The molecular weight excluding hydrogens is 190 g/mol. The van der Waals surface area contributed by atoms with E-state index in [1.165, 1.54) is 6.20 Å². The lowest BCUT2D eigenvalue weighted by Crippen LogP contribution is -2.06. The van der Waals surface area contributed by atoms with E-state index in [4.69, 9.17) is 11.5 Å². The summed E-state index contributed by atoms with van der Waals surface area (Å²) in [6, 6.07) is 1.85. The van der Waals surface area contributed by atoms with Crippen LogP contribution in [0, 0.1) is 6.92 Å². The van der Waals surface area contributed by atoms with E-state index in [1.807, 2.05) is 13.0 Å². The topological polar surface area (TPSA) is 89.3 Å². The molecule has 1 aromatic rings. The number of nitrogens with one attached hydrogen (secondary N) is 1. The fraction of sp³-hybridized carbons (Fsp3) is 0.200. The summed E-state index contributed by atoms with van der Waals surface area (Å²) in [5.74, 6) is 0.693. The van der Waals surface area contributed by atoms with Crippen LogP contribution in [0.1, 0.15) is 5.56 Å². The third-order valence-corrected chi connectivity index (χ3v) is 1.87. The first kappa shape index (κ1) is 11.0. The van der Waals surface area contributed by atoms with Crippen molar-refractivity contribution in [2.45, 2.75) is 6.92 Å². The Hall–Kier alpha value is -2.04. The SMILES string of the molecule is CN=CC(=CN)Nc1cc(C)c(N)cn1. The molecule has 0 aliphatic carbocycles. The van der Waals surface area contributed by atoms with Gasteiger partial charge in [-0.15, -0.1) is 0 Å². The van der Waals surface area contributed by atoms with Gasteiger partial charge in [0.05, 0.1) is 17.6 Å². The second-order valence-electron chi connectivity index (χ2n) is 3.06. The normalized spacial score (nSPS) is 12.0. The van der Waals surface area contributed by atoms with Gasteiger partial charge >= 0.3 is 0 Å². The van der Waals surface area contributed by atoms with Crippen molar-refractivity contribution in [1.82, 2.24) is 4.98 Å². The minimum atomic E-state index is 0.669. The van der Waals surface area contributed by atoms with Gasteiger partial charge in [0.25, 0.3) is 0 Å². The van der Waals surface area contributed by atoms with Crippen LogP contribution in [-0.4, -0.2) is 18.2 Å². The molecule has 0 atom stereocenters. The van der Waals surface area contributed by atoms with E-state index in [2.05, 4.69) is 15.3 Å². The quantitative estimate of drug-likeness (QED) is 0.639. The molecule has 1 aromatic heterocycles. The molecule has 0 fully saturated rings. The average molecular weight is 205 g/mol. The number of aryl methyl sites for hydroxylation is 1. The van der Waals surface area contributed by atoms with Crippen LogP contribution in [0.15, 0.2) is 29.2 Å². The molecule has 0 bridgehead atoms. The van der Waals surface area contributed by atoms with Gasteiger partial charge in [0, 0.05) is 19.5 Å². The molecule has 0 saturated heterocycles. The van der Waals surface area contributed by atoms with Gasteiger partial charge in [-0.05, 0) is 18.6 Å². The number of nitrogen functional groups attached to an aromatic ring is 1. The maximum absolute atomic E-state index is 5.65. The number of nitrogens with two attached hydrogens (primary N) is 2. The molecule has 1 heterocycles. The van der Waals surface area contributed by atoms with E-state index in [0.29, 0.717) is 17.2 Å². The van der Waals surface area contributed by atoms with Gasteiger partial charge in [0.1, 0.15) is 5.82 Å². The zero-order chi connectivity index (χ0) is 11.3. The van der Waals surface area contributed by atoms with E-state index < -0.39 is 0 Å². The minimum Gasteiger partial charge on any atom is -0.403 e. The van der Waals surface area contributed by atoms with E-state index >= 15 is 0 Å².